The molecule has 0 saturated carbocycles. The number of fused-ring (bicyclic) bond motifs is 2. The number of para-hydroxylation sites is 1. The number of likely N-dealkylation sites (tertiary alicyclic amines) is 1. The fourth-order valence-corrected chi connectivity index (χ4v) is 4.81. The molecule has 25 heavy (non-hydrogen) atoms. The molecule has 0 N–H and O–H groups in total. The Morgan fingerprint density at radius 1 is 1.08 bits per heavy atom. The molecule has 0 bridgehead atoms. The SMILES string of the molecule is c1ccc2sc(CN3CCC[C@@H]3c3ccc4c(c3)OCCO4)nc2c1. The summed E-state index contributed by atoms with van der Waals surface area (Å²) in [6.45, 7) is 3.31. The monoisotopic (exact) mass is 352 g/mol. The Kier molecular flexibility index (Phi) is 3.83. The third-order valence-corrected chi connectivity index (χ3v) is 6.01. The lowest BCUT2D eigenvalue weighted by Crippen LogP contribution is -2.23. The highest BCUT2D eigenvalue weighted by molar-refractivity contribution is 7.18. The van der Waals surface area contributed by atoms with Crippen LogP contribution in [0.15, 0.2) is 42.5 Å². The third-order valence-electron chi connectivity index (χ3n) is 4.99. The number of aromatic nitrogens is 1. The average Bonchev–Trinajstić information content (AvgIpc) is 3.27. The lowest BCUT2D eigenvalue weighted by Gasteiger charge is -2.25. The van der Waals surface area contributed by atoms with Gasteiger partial charge in [0.05, 0.1) is 16.8 Å². The van der Waals surface area contributed by atoms with E-state index in [2.05, 4.69) is 47.4 Å². The minimum Gasteiger partial charge on any atom is -0.486 e. The van der Waals surface area contributed by atoms with Gasteiger partial charge in [-0.15, -0.1) is 11.3 Å². The zero-order valence-corrected chi connectivity index (χ0v) is 14.8. The topological polar surface area (TPSA) is 34.6 Å². The van der Waals surface area contributed by atoms with E-state index >= 15 is 0 Å². The van der Waals surface area contributed by atoms with Gasteiger partial charge < -0.3 is 9.47 Å². The molecule has 3 aromatic rings. The summed E-state index contributed by atoms with van der Waals surface area (Å²) in [5.41, 5.74) is 2.43. The molecule has 0 radical (unpaired) electrons. The third kappa shape index (κ3) is 2.87. The highest BCUT2D eigenvalue weighted by Gasteiger charge is 2.28. The van der Waals surface area contributed by atoms with Gasteiger partial charge in [-0.1, -0.05) is 18.2 Å². The molecule has 4 nitrogen and oxygen atoms in total. The van der Waals surface area contributed by atoms with E-state index in [1.54, 1.807) is 11.3 Å². The van der Waals surface area contributed by atoms with Gasteiger partial charge in [0.1, 0.15) is 18.2 Å². The quantitative estimate of drug-likeness (QED) is 0.699. The maximum Gasteiger partial charge on any atom is 0.161 e. The van der Waals surface area contributed by atoms with Crippen molar-refractivity contribution in [2.24, 2.45) is 0 Å². The summed E-state index contributed by atoms with van der Waals surface area (Å²) in [7, 11) is 0. The van der Waals surface area contributed by atoms with Crippen LogP contribution in [0.2, 0.25) is 0 Å². The van der Waals surface area contributed by atoms with Crippen molar-refractivity contribution in [2.45, 2.75) is 25.4 Å². The molecule has 0 unspecified atom stereocenters. The predicted octanol–water partition coefficient (Wildman–Crippen LogP) is 4.40. The van der Waals surface area contributed by atoms with Gasteiger partial charge in [0, 0.05) is 6.04 Å². The number of hydrogen-bond acceptors (Lipinski definition) is 5. The van der Waals surface area contributed by atoms with E-state index in [1.165, 1.54) is 28.1 Å². The average molecular weight is 352 g/mol. The summed E-state index contributed by atoms with van der Waals surface area (Å²) in [6, 6.07) is 15.2. The maximum absolute atomic E-state index is 5.76. The summed E-state index contributed by atoms with van der Waals surface area (Å²) in [6.07, 6.45) is 2.41. The van der Waals surface area contributed by atoms with Crippen LogP contribution in [0.5, 0.6) is 11.5 Å². The maximum atomic E-state index is 5.76. The van der Waals surface area contributed by atoms with Crippen LogP contribution in [0.3, 0.4) is 0 Å². The smallest absolute Gasteiger partial charge is 0.161 e. The molecule has 1 atom stereocenters. The van der Waals surface area contributed by atoms with Crippen molar-refractivity contribution in [3.63, 3.8) is 0 Å². The number of hydrogen-bond donors (Lipinski definition) is 0. The van der Waals surface area contributed by atoms with Gasteiger partial charge in [0.2, 0.25) is 0 Å². The first-order valence-electron chi connectivity index (χ1n) is 8.85. The standard InChI is InChI=1S/C20H20N2O2S/c1-2-6-19-15(4-1)21-20(25-19)13-22-9-3-5-16(22)14-7-8-17-18(12-14)24-11-10-23-17/h1-2,4,6-8,12,16H,3,5,9-11,13H2/t16-/m1/s1. The molecule has 1 saturated heterocycles. The van der Waals surface area contributed by atoms with Crippen LogP contribution < -0.4 is 9.47 Å². The van der Waals surface area contributed by atoms with Crippen molar-refractivity contribution in [3.8, 4) is 11.5 Å². The molecule has 2 aliphatic rings. The highest BCUT2D eigenvalue weighted by atomic mass is 32.1. The molecule has 0 amide bonds. The van der Waals surface area contributed by atoms with E-state index in [0.29, 0.717) is 19.3 Å². The van der Waals surface area contributed by atoms with Crippen molar-refractivity contribution in [2.75, 3.05) is 19.8 Å². The van der Waals surface area contributed by atoms with Crippen molar-refractivity contribution in [1.29, 1.82) is 0 Å². The van der Waals surface area contributed by atoms with Crippen LogP contribution in [-0.2, 0) is 6.54 Å². The second-order valence-corrected chi connectivity index (χ2v) is 7.72. The number of thiazole rings is 1. The zero-order valence-electron chi connectivity index (χ0n) is 14.0. The van der Waals surface area contributed by atoms with Crippen molar-refractivity contribution < 1.29 is 9.47 Å². The molecule has 5 heteroatoms. The predicted molar refractivity (Wildman–Crippen MR) is 99.4 cm³/mol. The van der Waals surface area contributed by atoms with Crippen LogP contribution in [0.25, 0.3) is 10.2 Å². The second-order valence-electron chi connectivity index (χ2n) is 6.61. The van der Waals surface area contributed by atoms with Crippen molar-refractivity contribution >= 4 is 21.6 Å². The van der Waals surface area contributed by atoms with Gasteiger partial charge >= 0.3 is 0 Å². The molecule has 2 aromatic carbocycles. The van der Waals surface area contributed by atoms with E-state index in [9.17, 15) is 0 Å². The fourth-order valence-electron chi connectivity index (χ4n) is 3.82. The number of ether oxygens (including phenoxy) is 2. The van der Waals surface area contributed by atoms with Crippen molar-refractivity contribution in [3.05, 3.63) is 53.0 Å². The van der Waals surface area contributed by atoms with Gasteiger partial charge in [-0.25, -0.2) is 4.98 Å². The number of rotatable bonds is 3. The van der Waals surface area contributed by atoms with E-state index in [1.807, 2.05) is 0 Å². The van der Waals surface area contributed by atoms with Crippen LogP contribution in [-0.4, -0.2) is 29.6 Å². The summed E-state index contributed by atoms with van der Waals surface area (Å²) in [5, 5.41) is 1.20. The Labute approximate surface area is 151 Å². The van der Waals surface area contributed by atoms with Crippen LogP contribution in [0, 0.1) is 0 Å². The Bertz CT molecular complexity index is 875. The number of benzene rings is 2. The molecule has 2 aliphatic heterocycles. The van der Waals surface area contributed by atoms with Gasteiger partial charge in [-0.05, 0) is 49.2 Å². The molecular formula is C20H20N2O2S. The van der Waals surface area contributed by atoms with Gasteiger partial charge in [-0.2, -0.15) is 0 Å². The van der Waals surface area contributed by atoms with Gasteiger partial charge in [0.25, 0.3) is 0 Å². The Balaban J connectivity index is 1.40. The van der Waals surface area contributed by atoms with Gasteiger partial charge in [-0.3, -0.25) is 4.90 Å². The first kappa shape index (κ1) is 15.2. The summed E-state index contributed by atoms with van der Waals surface area (Å²) >= 11 is 1.81. The molecule has 0 spiro atoms. The lowest BCUT2D eigenvalue weighted by atomic mass is 10.0. The van der Waals surface area contributed by atoms with E-state index in [4.69, 9.17) is 14.5 Å². The Morgan fingerprint density at radius 2 is 1.96 bits per heavy atom. The summed E-state index contributed by atoms with van der Waals surface area (Å²) in [4.78, 5) is 7.35. The first-order valence-corrected chi connectivity index (χ1v) is 9.66. The summed E-state index contributed by atoms with van der Waals surface area (Å²) < 4.78 is 12.7. The molecule has 1 fully saturated rings. The van der Waals surface area contributed by atoms with E-state index in [-0.39, 0.29) is 0 Å². The zero-order chi connectivity index (χ0) is 16.6. The molecule has 1 aromatic heterocycles. The molecule has 128 valence electrons. The Morgan fingerprint density at radius 3 is 2.88 bits per heavy atom. The largest absolute Gasteiger partial charge is 0.486 e. The molecular weight excluding hydrogens is 332 g/mol. The van der Waals surface area contributed by atoms with Gasteiger partial charge in [0.15, 0.2) is 11.5 Å². The second kappa shape index (κ2) is 6.32. The number of nitrogens with zero attached hydrogens (tertiary/aromatic N) is 2. The molecule has 3 heterocycles. The minimum atomic E-state index is 0.433. The van der Waals surface area contributed by atoms with Crippen LogP contribution in [0.4, 0.5) is 0 Å². The van der Waals surface area contributed by atoms with Crippen LogP contribution in [0.1, 0.15) is 29.5 Å². The van der Waals surface area contributed by atoms with E-state index in [0.717, 1.165) is 30.1 Å². The minimum absolute atomic E-state index is 0.433. The molecule has 0 aliphatic carbocycles. The normalized spacial score (nSPS) is 20.2. The van der Waals surface area contributed by atoms with E-state index < -0.39 is 0 Å². The van der Waals surface area contributed by atoms with Crippen molar-refractivity contribution in [1.82, 2.24) is 9.88 Å². The highest BCUT2D eigenvalue weighted by Crippen LogP contribution is 2.39. The fraction of sp³-hybridized carbons (Fsp3) is 0.350. The Hall–Kier alpha value is -2.11. The molecule has 5 rings (SSSR count). The van der Waals surface area contributed by atoms with Crippen LogP contribution >= 0.6 is 11.3 Å². The lowest BCUT2D eigenvalue weighted by molar-refractivity contribution is 0.170. The first-order chi connectivity index (χ1) is 12.4. The summed E-state index contributed by atoms with van der Waals surface area (Å²) in [5.74, 6) is 1.75.